The molecule has 0 aliphatic heterocycles. The van der Waals surface area contributed by atoms with Crippen molar-refractivity contribution in [2.24, 2.45) is 0 Å². The maximum Gasteiger partial charge on any atom is 0.305 e. The molecule has 0 heterocycles. The Balaban J connectivity index is 3.55. The lowest BCUT2D eigenvalue weighted by Gasteiger charge is -2.20. The topological polar surface area (TPSA) is 95.9 Å². The number of esters is 1. The Hall–Kier alpha value is -1.92. The first-order chi connectivity index (χ1) is 31.5. The number of carbonyl (C=O) groups excluding carboxylic acids is 2. The number of rotatable bonds is 52. The zero-order valence-electron chi connectivity index (χ0n) is 42.8. The lowest BCUT2D eigenvalue weighted by Crippen LogP contribution is -2.45. The average molecular weight is 901 g/mol. The van der Waals surface area contributed by atoms with Crippen LogP contribution < -0.4 is 5.32 Å². The molecule has 64 heavy (non-hydrogen) atoms. The van der Waals surface area contributed by atoms with Crippen molar-refractivity contribution in [1.29, 1.82) is 0 Å². The highest BCUT2D eigenvalue weighted by molar-refractivity contribution is 5.76. The number of hydrogen-bond acceptors (Lipinski definition) is 5. The highest BCUT2D eigenvalue weighted by Gasteiger charge is 2.18. The molecule has 0 saturated carbocycles. The van der Waals surface area contributed by atoms with Crippen LogP contribution in [0.2, 0.25) is 0 Å². The zero-order valence-corrected chi connectivity index (χ0v) is 42.8. The molecule has 0 fully saturated rings. The lowest BCUT2D eigenvalue weighted by molar-refractivity contribution is -0.143. The summed E-state index contributed by atoms with van der Waals surface area (Å²) in [4.78, 5) is 24.5. The SMILES string of the molecule is CCCCC/C=C\CCCCCCCC(=O)OCCCC/C=C\CCCCCCCC(=O)NC(CO)C(O)/C=C/CCCCCCCCCCCCCCCCCCCCCCCC. The third kappa shape index (κ3) is 49.5. The molecule has 0 aliphatic carbocycles. The second-order valence-electron chi connectivity index (χ2n) is 19.3. The van der Waals surface area contributed by atoms with E-state index in [0.717, 1.165) is 83.5 Å². The molecule has 0 spiro atoms. The normalized spacial score (nSPS) is 12.9. The first-order valence-corrected chi connectivity index (χ1v) is 28.3. The highest BCUT2D eigenvalue weighted by Crippen LogP contribution is 2.16. The Morgan fingerprint density at radius 2 is 0.734 bits per heavy atom. The average Bonchev–Trinajstić information content (AvgIpc) is 3.29. The van der Waals surface area contributed by atoms with Crippen molar-refractivity contribution in [2.45, 2.75) is 309 Å². The van der Waals surface area contributed by atoms with Gasteiger partial charge in [-0.05, 0) is 83.5 Å². The van der Waals surface area contributed by atoms with E-state index in [1.165, 1.54) is 186 Å². The number of hydrogen-bond donors (Lipinski definition) is 3. The summed E-state index contributed by atoms with van der Waals surface area (Å²) in [6.45, 7) is 4.81. The minimum atomic E-state index is -0.864. The Kier molecular flexibility index (Phi) is 52.1. The molecule has 2 unspecified atom stereocenters. The van der Waals surface area contributed by atoms with E-state index in [0.29, 0.717) is 19.4 Å². The quantitative estimate of drug-likeness (QED) is 0.0321. The number of allylic oxidation sites excluding steroid dienone is 5. The van der Waals surface area contributed by atoms with E-state index in [4.69, 9.17) is 4.74 Å². The number of amides is 1. The van der Waals surface area contributed by atoms with Crippen molar-refractivity contribution in [3.63, 3.8) is 0 Å². The van der Waals surface area contributed by atoms with Gasteiger partial charge >= 0.3 is 5.97 Å². The Morgan fingerprint density at radius 1 is 0.422 bits per heavy atom. The van der Waals surface area contributed by atoms with Crippen LogP contribution in [0.4, 0.5) is 0 Å². The van der Waals surface area contributed by atoms with E-state index in [1.807, 2.05) is 6.08 Å². The van der Waals surface area contributed by atoms with Gasteiger partial charge in [0.1, 0.15) is 0 Å². The monoisotopic (exact) mass is 900 g/mol. The zero-order chi connectivity index (χ0) is 46.5. The van der Waals surface area contributed by atoms with E-state index in [-0.39, 0.29) is 18.5 Å². The molecule has 0 rings (SSSR count). The summed E-state index contributed by atoms with van der Waals surface area (Å²) in [5.74, 6) is -0.139. The summed E-state index contributed by atoms with van der Waals surface area (Å²) in [5, 5.41) is 23.1. The molecule has 3 N–H and O–H groups in total. The third-order valence-corrected chi connectivity index (χ3v) is 12.9. The number of ether oxygens (including phenoxy) is 1. The van der Waals surface area contributed by atoms with Gasteiger partial charge in [-0.25, -0.2) is 0 Å². The van der Waals surface area contributed by atoms with Crippen LogP contribution in [0.15, 0.2) is 36.5 Å². The Morgan fingerprint density at radius 3 is 1.14 bits per heavy atom. The van der Waals surface area contributed by atoms with Crippen LogP contribution >= 0.6 is 0 Å². The standard InChI is InChI=1S/C58H109NO5/c1-3-5-7-9-11-13-15-17-18-19-20-21-22-23-24-25-26-27-28-30-34-38-42-46-50-56(61)55(54-60)59-57(62)51-47-43-39-35-31-29-33-37-41-45-49-53-64-58(63)52-48-44-40-36-32-16-14-12-10-8-6-4-2/h12,14,33,37,46,50,55-56,60-61H,3-11,13,15-32,34-36,38-45,47-49,51-54H2,1-2H3,(H,59,62)/b14-12-,37-33-,50-46+. The van der Waals surface area contributed by atoms with Gasteiger partial charge in [0.05, 0.1) is 25.4 Å². The second-order valence-corrected chi connectivity index (χ2v) is 19.3. The van der Waals surface area contributed by atoms with Gasteiger partial charge in [-0.2, -0.15) is 0 Å². The van der Waals surface area contributed by atoms with Crippen LogP contribution in [0, 0.1) is 0 Å². The van der Waals surface area contributed by atoms with Gasteiger partial charge in [-0.3, -0.25) is 9.59 Å². The molecule has 0 aromatic heterocycles. The molecular weight excluding hydrogens is 791 g/mol. The maximum atomic E-state index is 12.5. The fraction of sp³-hybridized carbons (Fsp3) is 0.862. The number of aliphatic hydroxyl groups is 2. The number of aliphatic hydroxyl groups excluding tert-OH is 2. The fourth-order valence-electron chi connectivity index (χ4n) is 8.50. The predicted molar refractivity (Wildman–Crippen MR) is 278 cm³/mol. The highest BCUT2D eigenvalue weighted by atomic mass is 16.5. The van der Waals surface area contributed by atoms with Crippen molar-refractivity contribution in [3.05, 3.63) is 36.5 Å². The van der Waals surface area contributed by atoms with Gasteiger partial charge in [0.2, 0.25) is 5.91 Å². The summed E-state index contributed by atoms with van der Waals surface area (Å²) in [6.07, 6.45) is 66.0. The Labute approximate surface area is 398 Å². The maximum absolute atomic E-state index is 12.5. The van der Waals surface area contributed by atoms with Crippen LogP contribution in [0.3, 0.4) is 0 Å². The molecule has 6 heteroatoms. The molecule has 0 aliphatic rings. The minimum Gasteiger partial charge on any atom is -0.466 e. The predicted octanol–water partition coefficient (Wildman–Crippen LogP) is 17.2. The summed E-state index contributed by atoms with van der Waals surface area (Å²) >= 11 is 0. The molecule has 376 valence electrons. The molecular formula is C58H109NO5. The molecule has 2 atom stereocenters. The third-order valence-electron chi connectivity index (χ3n) is 12.9. The molecule has 0 saturated heterocycles. The molecule has 0 bridgehead atoms. The van der Waals surface area contributed by atoms with Gasteiger partial charge in [-0.1, -0.05) is 237 Å². The number of carbonyl (C=O) groups is 2. The van der Waals surface area contributed by atoms with Crippen LogP contribution in [0.25, 0.3) is 0 Å². The van der Waals surface area contributed by atoms with Crippen molar-refractivity contribution in [3.8, 4) is 0 Å². The van der Waals surface area contributed by atoms with Crippen LogP contribution in [0.1, 0.15) is 296 Å². The van der Waals surface area contributed by atoms with E-state index in [2.05, 4.69) is 43.5 Å². The fourth-order valence-corrected chi connectivity index (χ4v) is 8.50. The Bertz CT molecular complexity index is 1040. The van der Waals surface area contributed by atoms with E-state index in [1.54, 1.807) is 6.08 Å². The second kappa shape index (κ2) is 53.7. The van der Waals surface area contributed by atoms with Crippen molar-refractivity contribution in [2.75, 3.05) is 13.2 Å². The first-order valence-electron chi connectivity index (χ1n) is 28.3. The van der Waals surface area contributed by atoms with Crippen LogP contribution in [-0.2, 0) is 14.3 Å². The molecule has 1 amide bonds. The lowest BCUT2D eigenvalue weighted by atomic mass is 10.0. The summed E-state index contributed by atoms with van der Waals surface area (Å²) in [7, 11) is 0. The largest absolute Gasteiger partial charge is 0.466 e. The number of nitrogens with one attached hydrogen (secondary N) is 1. The van der Waals surface area contributed by atoms with Gasteiger partial charge < -0.3 is 20.3 Å². The number of unbranched alkanes of at least 4 members (excludes halogenated alkanes) is 37. The summed E-state index contributed by atoms with van der Waals surface area (Å²) in [6, 6.07) is -0.650. The van der Waals surface area contributed by atoms with E-state index < -0.39 is 12.1 Å². The van der Waals surface area contributed by atoms with Gasteiger partial charge in [0.15, 0.2) is 0 Å². The van der Waals surface area contributed by atoms with Gasteiger partial charge in [0, 0.05) is 12.8 Å². The molecule has 6 nitrogen and oxygen atoms in total. The molecule has 0 aromatic carbocycles. The van der Waals surface area contributed by atoms with E-state index in [9.17, 15) is 19.8 Å². The van der Waals surface area contributed by atoms with Crippen LogP contribution in [0.5, 0.6) is 0 Å². The van der Waals surface area contributed by atoms with Gasteiger partial charge in [-0.15, -0.1) is 0 Å². The van der Waals surface area contributed by atoms with Crippen molar-refractivity contribution in [1.82, 2.24) is 5.32 Å². The minimum absolute atomic E-state index is 0.0429. The smallest absolute Gasteiger partial charge is 0.305 e. The van der Waals surface area contributed by atoms with Gasteiger partial charge in [0.25, 0.3) is 0 Å². The van der Waals surface area contributed by atoms with Crippen molar-refractivity contribution < 1.29 is 24.5 Å². The summed E-state index contributed by atoms with van der Waals surface area (Å²) in [5.41, 5.74) is 0. The molecule has 0 radical (unpaired) electrons. The van der Waals surface area contributed by atoms with Crippen LogP contribution in [-0.4, -0.2) is 47.4 Å². The van der Waals surface area contributed by atoms with E-state index >= 15 is 0 Å². The van der Waals surface area contributed by atoms with Crippen molar-refractivity contribution >= 4 is 11.9 Å². The summed E-state index contributed by atoms with van der Waals surface area (Å²) < 4.78 is 5.42. The molecule has 0 aromatic rings. The first kappa shape index (κ1) is 62.1.